The van der Waals surface area contributed by atoms with Gasteiger partial charge in [-0.25, -0.2) is 0 Å². The lowest BCUT2D eigenvalue weighted by Crippen LogP contribution is -2.31. The summed E-state index contributed by atoms with van der Waals surface area (Å²) in [5.41, 5.74) is 0.0964. The number of aromatic nitrogens is 1. The molecule has 1 heterocycles. The SMILES string of the molecule is CC1(C)C=CC=c2c(I)ccnc2=C1. The van der Waals surface area contributed by atoms with Crippen LogP contribution in [0.3, 0.4) is 0 Å². The van der Waals surface area contributed by atoms with E-state index in [2.05, 4.69) is 65.7 Å². The molecule has 1 aliphatic rings. The second kappa shape index (κ2) is 3.50. The van der Waals surface area contributed by atoms with Crippen molar-refractivity contribution in [3.8, 4) is 0 Å². The molecule has 1 aromatic rings. The maximum absolute atomic E-state index is 4.40. The molecule has 0 fully saturated rings. The Morgan fingerprint density at radius 1 is 1.36 bits per heavy atom. The Labute approximate surface area is 97.4 Å². The number of hydrogen-bond acceptors (Lipinski definition) is 1. The molecule has 0 saturated carbocycles. The van der Waals surface area contributed by atoms with Crippen LogP contribution in [0.15, 0.2) is 24.4 Å². The van der Waals surface area contributed by atoms with Crippen molar-refractivity contribution < 1.29 is 0 Å². The normalized spacial score (nSPS) is 17.6. The summed E-state index contributed by atoms with van der Waals surface area (Å²) in [4.78, 5) is 4.40. The zero-order valence-corrected chi connectivity index (χ0v) is 10.4. The fourth-order valence-corrected chi connectivity index (χ4v) is 2.15. The summed E-state index contributed by atoms with van der Waals surface area (Å²) in [6.45, 7) is 4.38. The van der Waals surface area contributed by atoms with Gasteiger partial charge in [-0.15, -0.1) is 0 Å². The van der Waals surface area contributed by atoms with Crippen LogP contribution >= 0.6 is 22.6 Å². The highest BCUT2D eigenvalue weighted by molar-refractivity contribution is 14.1. The van der Waals surface area contributed by atoms with Crippen LogP contribution in [0.5, 0.6) is 0 Å². The Kier molecular flexibility index (Phi) is 2.47. The van der Waals surface area contributed by atoms with Crippen LogP contribution in [0.4, 0.5) is 0 Å². The average Bonchev–Trinajstić information content (AvgIpc) is 2.23. The van der Waals surface area contributed by atoms with Gasteiger partial charge in [0.2, 0.25) is 0 Å². The van der Waals surface area contributed by atoms with Crippen molar-refractivity contribution in [1.82, 2.24) is 4.98 Å². The zero-order valence-electron chi connectivity index (χ0n) is 8.29. The van der Waals surface area contributed by atoms with E-state index in [4.69, 9.17) is 0 Å². The minimum Gasteiger partial charge on any atom is -0.256 e. The van der Waals surface area contributed by atoms with Gasteiger partial charge in [0.25, 0.3) is 0 Å². The molecule has 0 radical (unpaired) electrons. The molecule has 0 aliphatic heterocycles. The lowest BCUT2D eigenvalue weighted by molar-refractivity contribution is 0.669. The largest absolute Gasteiger partial charge is 0.256 e. The molecule has 0 unspecified atom stereocenters. The first-order valence-corrected chi connectivity index (χ1v) is 5.69. The van der Waals surface area contributed by atoms with Gasteiger partial charge in [0.1, 0.15) is 0 Å². The van der Waals surface area contributed by atoms with Crippen LogP contribution in [0.25, 0.3) is 12.2 Å². The summed E-state index contributed by atoms with van der Waals surface area (Å²) in [5.74, 6) is 0. The number of halogens is 1. The van der Waals surface area contributed by atoms with Crippen molar-refractivity contribution in [1.29, 1.82) is 0 Å². The van der Waals surface area contributed by atoms with E-state index >= 15 is 0 Å². The molecule has 1 aliphatic carbocycles. The molecule has 0 amide bonds. The van der Waals surface area contributed by atoms with E-state index in [1.165, 1.54) is 8.79 Å². The van der Waals surface area contributed by atoms with E-state index in [1.807, 2.05) is 12.3 Å². The Balaban J connectivity index is 2.83. The number of hydrogen-bond donors (Lipinski definition) is 0. The van der Waals surface area contributed by atoms with Crippen LogP contribution in [0, 0.1) is 8.99 Å². The minimum absolute atomic E-state index is 0.0964. The second-order valence-electron chi connectivity index (χ2n) is 4.08. The minimum atomic E-state index is 0.0964. The monoisotopic (exact) mass is 297 g/mol. The topological polar surface area (TPSA) is 12.9 Å². The molecular formula is C12H12IN. The molecule has 0 bridgehead atoms. The first-order valence-electron chi connectivity index (χ1n) is 4.61. The second-order valence-corrected chi connectivity index (χ2v) is 5.25. The van der Waals surface area contributed by atoms with Crippen LogP contribution < -0.4 is 10.6 Å². The van der Waals surface area contributed by atoms with Crippen molar-refractivity contribution >= 4 is 34.7 Å². The molecule has 1 nitrogen and oxygen atoms in total. The smallest absolute Gasteiger partial charge is 0.0681 e. The number of rotatable bonds is 0. The molecule has 0 saturated heterocycles. The Hall–Kier alpha value is -0.640. The maximum Gasteiger partial charge on any atom is 0.0681 e. The van der Waals surface area contributed by atoms with E-state index in [-0.39, 0.29) is 5.41 Å². The zero-order chi connectivity index (χ0) is 10.2. The highest BCUT2D eigenvalue weighted by Gasteiger charge is 2.11. The summed E-state index contributed by atoms with van der Waals surface area (Å²) in [6.07, 6.45) is 10.5. The van der Waals surface area contributed by atoms with E-state index in [0.29, 0.717) is 0 Å². The summed E-state index contributed by atoms with van der Waals surface area (Å²) in [5, 5.41) is 2.32. The van der Waals surface area contributed by atoms with E-state index in [1.54, 1.807) is 0 Å². The Bertz CT molecular complexity index is 498. The summed E-state index contributed by atoms with van der Waals surface area (Å²) < 4.78 is 1.26. The Morgan fingerprint density at radius 3 is 2.93 bits per heavy atom. The van der Waals surface area contributed by atoms with Crippen molar-refractivity contribution in [3.63, 3.8) is 0 Å². The summed E-state index contributed by atoms with van der Waals surface area (Å²) in [7, 11) is 0. The standard InChI is InChI=1S/C12H12IN/c1-12(2)6-3-4-9-10(13)5-7-14-11(9)8-12/h3-8H,1-2H3. The van der Waals surface area contributed by atoms with Crippen LogP contribution in [-0.2, 0) is 0 Å². The molecule has 2 heteroatoms. The number of allylic oxidation sites excluding steroid dienone is 2. The van der Waals surface area contributed by atoms with Gasteiger partial charge in [-0.3, -0.25) is 4.98 Å². The molecule has 14 heavy (non-hydrogen) atoms. The van der Waals surface area contributed by atoms with Gasteiger partial charge >= 0.3 is 0 Å². The van der Waals surface area contributed by atoms with Gasteiger partial charge in [-0.2, -0.15) is 0 Å². The third-order valence-corrected chi connectivity index (χ3v) is 3.21. The lowest BCUT2D eigenvalue weighted by atomic mass is 9.93. The van der Waals surface area contributed by atoms with Gasteiger partial charge in [-0.05, 0) is 34.7 Å². The first kappa shape index (κ1) is 9.90. The van der Waals surface area contributed by atoms with E-state index in [0.717, 1.165) is 5.35 Å². The molecule has 0 atom stereocenters. The molecule has 0 N–H and O–H groups in total. The van der Waals surface area contributed by atoms with Gasteiger partial charge in [-0.1, -0.05) is 32.1 Å². The molecule has 2 rings (SSSR count). The lowest BCUT2D eigenvalue weighted by Gasteiger charge is -2.12. The number of nitrogens with zero attached hydrogens (tertiary/aromatic N) is 1. The fraction of sp³-hybridized carbons (Fsp3) is 0.250. The first-order chi connectivity index (χ1) is 6.58. The van der Waals surface area contributed by atoms with Gasteiger partial charge in [0.15, 0.2) is 0 Å². The fourth-order valence-electron chi connectivity index (χ4n) is 1.54. The maximum atomic E-state index is 4.40. The van der Waals surface area contributed by atoms with Crippen molar-refractivity contribution in [2.24, 2.45) is 5.41 Å². The van der Waals surface area contributed by atoms with Crippen molar-refractivity contribution in [2.45, 2.75) is 13.8 Å². The molecule has 0 aromatic carbocycles. The quantitative estimate of drug-likeness (QED) is 0.666. The van der Waals surface area contributed by atoms with Gasteiger partial charge in [0, 0.05) is 20.4 Å². The molecule has 72 valence electrons. The van der Waals surface area contributed by atoms with Gasteiger partial charge < -0.3 is 0 Å². The van der Waals surface area contributed by atoms with E-state index < -0.39 is 0 Å². The predicted molar refractivity (Wildman–Crippen MR) is 68.1 cm³/mol. The molecular weight excluding hydrogens is 285 g/mol. The highest BCUT2D eigenvalue weighted by atomic mass is 127. The van der Waals surface area contributed by atoms with Crippen LogP contribution in [-0.4, -0.2) is 4.98 Å². The highest BCUT2D eigenvalue weighted by Crippen LogP contribution is 2.19. The van der Waals surface area contributed by atoms with Crippen molar-refractivity contribution in [3.05, 3.63) is 38.6 Å². The third kappa shape index (κ3) is 1.90. The molecule has 0 spiro atoms. The number of fused-ring (bicyclic) bond motifs is 1. The summed E-state index contributed by atoms with van der Waals surface area (Å²) >= 11 is 2.35. The summed E-state index contributed by atoms with van der Waals surface area (Å²) in [6, 6.07) is 2.04. The van der Waals surface area contributed by atoms with E-state index in [9.17, 15) is 0 Å². The Morgan fingerprint density at radius 2 is 2.14 bits per heavy atom. The van der Waals surface area contributed by atoms with Crippen LogP contribution in [0.2, 0.25) is 0 Å². The third-order valence-electron chi connectivity index (χ3n) is 2.27. The van der Waals surface area contributed by atoms with Crippen molar-refractivity contribution in [2.75, 3.05) is 0 Å². The van der Waals surface area contributed by atoms with Gasteiger partial charge in [0.05, 0.1) is 5.35 Å². The predicted octanol–water partition coefficient (Wildman–Crippen LogP) is 1.84. The molecule has 1 aromatic heterocycles. The van der Waals surface area contributed by atoms with Crippen LogP contribution in [0.1, 0.15) is 13.8 Å². The number of pyridine rings is 1. The average molecular weight is 297 g/mol.